The van der Waals surface area contributed by atoms with E-state index in [2.05, 4.69) is 38.5 Å². The third-order valence-corrected chi connectivity index (χ3v) is 2.22. The van der Waals surface area contributed by atoms with E-state index in [4.69, 9.17) is 0 Å². The molecule has 0 spiro atoms. The van der Waals surface area contributed by atoms with Gasteiger partial charge < -0.3 is 4.74 Å². The number of esters is 1. The fourth-order valence-corrected chi connectivity index (χ4v) is 1.30. The van der Waals surface area contributed by atoms with Gasteiger partial charge in [0.1, 0.15) is 0 Å². The molecule has 0 aliphatic carbocycles. The van der Waals surface area contributed by atoms with Gasteiger partial charge in [-0.25, -0.2) is 0 Å². The van der Waals surface area contributed by atoms with E-state index in [9.17, 15) is 4.79 Å². The highest BCUT2D eigenvalue weighted by Crippen LogP contribution is 2.27. The molecule has 0 unspecified atom stereocenters. The van der Waals surface area contributed by atoms with Crippen molar-refractivity contribution < 1.29 is 9.53 Å². The van der Waals surface area contributed by atoms with E-state index in [1.54, 1.807) is 0 Å². The van der Waals surface area contributed by atoms with Crippen LogP contribution in [-0.2, 0) is 9.53 Å². The standard InChI is InChI=1S/C12H22O2/c1-10(2)7-6-8-12(3,4)9-11(13)14-5/h7H,6,8-9H2,1-5H3. The van der Waals surface area contributed by atoms with Crippen molar-refractivity contribution in [3.8, 4) is 0 Å². The number of rotatable bonds is 5. The summed E-state index contributed by atoms with van der Waals surface area (Å²) in [5, 5.41) is 0. The minimum absolute atomic E-state index is 0.0407. The molecule has 0 N–H and O–H groups in total. The highest BCUT2D eigenvalue weighted by atomic mass is 16.5. The van der Waals surface area contributed by atoms with Crippen molar-refractivity contribution in [1.82, 2.24) is 0 Å². The molecule has 0 rings (SSSR count). The van der Waals surface area contributed by atoms with Gasteiger partial charge >= 0.3 is 5.97 Å². The molecule has 2 heteroatoms. The van der Waals surface area contributed by atoms with Crippen LogP contribution in [0.2, 0.25) is 0 Å². The predicted molar refractivity (Wildman–Crippen MR) is 59.1 cm³/mol. The topological polar surface area (TPSA) is 26.3 Å². The summed E-state index contributed by atoms with van der Waals surface area (Å²) in [6.07, 6.45) is 4.76. The molecule has 0 aliphatic heterocycles. The molecule has 0 aromatic heterocycles. The maximum atomic E-state index is 11.1. The Morgan fingerprint density at radius 1 is 1.36 bits per heavy atom. The molecule has 0 saturated carbocycles. The van der Waals surface area contributed by atoms with Gasteiger partial charge in [-0.15, -0.1) is 0 Å². The largest absolute Gasteiger partial charge is 0.469 e. The number of methoxy groups -OCH3 is 1. The summed E-state index contributed by atoms with van der Waals surface area (Å²) >= 11 is 0. The second-order valence-corrected chi connectivity index (χ2v) is 4.74. The Balaban J connectivity index is 3.95. The van der Waals surface area contributed by atoms with E-state index in [0.717, 1.165) is 12.8 Å². The van der Waals surface area contributed by atoms with Crippen LogP contribution in [-0.4, -0.2) is 13.1 Å². The summed E-state index contributed by atoms with van der Waals surface area (Å²) in [7, 11) is 1.44. The van der Waals surface area contributed by atoms with E-state index in [1.807, 2.05) is 0 Å². The van der Waals surface area contributed by atoms with Crippen molar-refractivity contribution >= 4 is 5.97 Å². The Morgan fingerprint density at radius 2 is 1.93 bits per heavy atom. The Hall–Kier alpha value is -0.790. The maximum absolute atomic E-state index is 11.1. The van der Waals surface area contributed by atoms with Crippen LogP contribution < -0.4 is 0 Å². The molecule has 0 radical (unpaired) electrons. The first-order chi connectivity index (χ1) is 6.37. The van der Waals surface area contributed by atoms with Gasteiger partial charge in [-0.05, 0) is 32.1 Å². The van der Waals surface area contributed by atoms with Gasteiger partial charge in [-0.3, -0.25) is 4.79 Å². The first kappa shape index (κ1) is 13.2. The van der Waals surface area contributed by atoms with Crippen LogP contribution in [0.4, 0.5) is 0 Å². The molecule has 0 aromatic rings. The molecule has 2 nitrogen and oxygen atoms in total. The highest BCUT2D eigenvalue weighted by molar-refractivity contribution is 5.69. The summed E-state index contributed by atoms with van der Waals surface area (Å²) in [5.74, 6) is -0.118. The Bertz CT molecular complexity index is 210. The van der Waals surface area contributed by atoms with Gasteiger partial charge in [0.25, 0.3) is 0 Å². The van der Waals surface area contributed by atoms with Crippen molar-refractivity contribution in [3.63, 3.8) is 0 Å². The molecule has 0 aromatic carbocycles. The number of allylic oxidation sites excluding steroid dienone is 2. The average Bonchev–Trinajstić information content (AvgIpc) is 2.02. The third kappa shape index (κ3) is 6.70. The summed E-state index contributed by atoms with van der Waals surface area (Å²) in [4.78, 5) is 11.1. The number of carbonyl (C=O) groups is 1. The fraction of sp³-hybridized carbons (Fsp3) is 0.750. The van der Waals surface area contributed by atoms with Gasteiger partial charge in [0.15, 0.2) is 0 Å². The molecule has 0 amide bonds. The summed E-state index contributed by atoms with van der Waals surface area (Å²) in [5.41, 5.74) is 1.37. The molecule has 0 aliphatic rings. The van der Waals surface area contributed by atoms with E-state index in [-0.39, 0.29) is 11.4 Å². The zero-order chi connectivity index (χ0) is 11.2. The fourth-order valence-electron chi connectivity index (χ4n) is 1.30. The molecule has 0 bridgehead atoms. The smallest absolute Gasteiger partial charge is 0.306 e. The molecule has 0 heterocycles. The quantitative estimate of drug-likeness (QED) is 0.500. The summed E-state index contributed by atoms with van der Waals surface area (Å²) < 4.78 is 4.66. The highest BCUT2D eigenvalue weighted by Gasteiger charge is 2.21. The molecular formula is C12H22O2. The monoisotopic (exact) mass is 198 g/mol. The zero-order valence-electron chi connectivity index (χ0n) is 10.0. The lowest BCUT2D eigenvalue weighted by Crippen LogP contribution is -2.17. The van der Waals surface area contributed by atoms with Gasteiger partial charge in [-0.1, -0.05) is 25.5 Å². The van der Waals surface area contributed by atoms with Gasteiger partial charge in [0.05, 0.1) is 13.5 Å². The Labute approximate surface area is 87.3 Å². The van der Waals surface area contributed by atoms with E-state index >= 15 is 0 Å². The van der Waals surface area contributed by atoms with Crippen molar-refractivity contribution in [2.24, 2.45) is 5.41 Å². The lowest BCUT2D eigenvalue weighted by molar-refractivity contribution is -0.143. The van der Waals surface area contributed by atoms with Crippen LogP contribution in [0.3, 0.4) is 0 Å². The van der Waals surface area contributed by atoms with Crippen molar-refractivity contribution in [2.75, 3.05) is 7.11 Å². The predicted octanol–water partition coefficient (Wildman–Crippen LogP) is 3.32. The van der Waals surface area contributed by atoms with Crippen molar-refractivity contribution in [2.45, 2.75) is 47.0 Å². The molecule has 82 valence electrons. The zero-order valence-corrected chi connectivity index (χ0v) is 10.0. The molecule has 0 atom stereocenters. The Kier molecular flexibility index (Phi) is 5.51. The minimum atomic E-state index is -0.118. The lowest BCUT2D eigenvalue weighted by Gasteiger charge is -2.22. The summed E-state index contributed by atoms with van der Waals surface area (Å²) in [6.45, 7) is 8.38. The van der Waals surface area contributed by atoms with E-state index in [1.165, 1.54) is 12.7 Å². The van der Waals surface area contributed by atoms with Gasteiger partial charge in [0, 0.05) is 0 Å². The van der Waals surface area contributed by atoms with Gasteiger partial charge in [-0.2, -0.15) is 0 Å². The number of ether oxygens (including phenoxy) is 1. The summed E-state index contributed by atoms with van der Waals surface area (Å²) in [6, 6.07) is 0. The number of hydrogen-bond donors (Lipinski definition) is 0. The number of carbonyl (C=O) groups excluding carboxylic acids is 1. The van der Waals surface area contributed by atoms with Crippen molar-refractivity contribution in [3.05, 3.63) is 11.6 Å². The van der Waals surface area contributed by atoms with E-state index in [0.29, 0.717) is 6.42 Å². The van der Waals surface area contributed by atoms with Crippen LogP contribution >= 0.6 is 0 Å². The van der Waals surface area contributed by atoms with Crippen LogP contribution in [0.15, 0.2) is 11.6 Å². The van der Waals surface area contributed by atoms with Crippen LogP contribution in [0.25, 0.3) is 0 Å². The molecule has 0 saturated heterocycles. The second-order valence-electron chi connectivity index (χ2n) is 4.74. The first-order valence-corrected chi connectivity index (χ1v) is 5.07. The third-order valence-electron chi connectivity index (χ3n) is 2.22. The van der Waals surface area contributed by atoms with Crippen molar-refractivity contribution in [1.29, 1.82) is 0 Å². The normalized spacial score (nSPS) is 10.9. The maximum Gasteiger partial charge on any atom is 0.306 e. The average molecular weight is 198 g/mol. The van der Waals surface area contributed by atoms with Crippen LogP contribution in [0, 0.1) is 5.41 Å². The van der Waals surface area contributed by atoms with E-state index < -0.39 is 0 Å². The minimum Gasteiger partial charge on any atom is -0.469 e. The molecule has 14 heavy (non-hydrogen) atoms. The first-order valence-electron chi connectivity index (χ1n) is 5.07. The SMILES string of the molecule is COC(=O)CC(C)(C)CCC=C(C)C. The lowest BCUT2D eigenvalue weighted by atomic mass is 9.84. The van der Waals surface area contributed by atoms with Gasteiger partial charge in [0.2, 0.25) is 0 Å². The van der Waals surface area contributed by atoms with Crippen LogP contribution in [0.5, 0.6) is 0 Å². The van der Waals surface area contributed by atoms with Crippen LogP contribution in [0.1, 0.15) is 47.0 Å². The molecule has 0 fully saturated rings. The molecular weight excluding hydrogens is 176 g/mol. The Morgan fingerprint density at radius 3 is 2.36 bits per heavy atom. The second kappa shape index (κ2) is 5.84. The number of hydrogen-bond acceptors (Lipinski definition) is 2.